The van der Waals surface area contributed by atoms with Crippen LogP contribution in [0, 0.1) is 12.7 Å². The van der Waals surface area contributed by atoms with Gasteiger partial charge in [-0.25, -0.2) is 9.37 Å². The average molecular weight is 447 g/mol. The van der Waals surface area contributed by atoms with E-state index in [1.54, 1.807) is 29.1 Å². The molecule has 1 fully saturated rings. The minimum absolute atomic E-state index is 0.0116. The second-order valence-electron chi connectivity index (χ2n) is 8.81. The van der Waals surface area contributed by atoms with Gasteiger partial charge in [0.2, 0.25) is 5.91 Å². The largest absolute Gasteiger partial charge is 0.326 e. The van der Waals surface area contributed by atoms with Crippen molar-refractivity contribution in [2.24, 2.45) is 0 Å². The Morgan fingerprint density at radius 3 is 2.64 bits per heavy atom. The highest BCUT2D eigenvalue weighted by molar-refractivity contribution is 6.11. The Kier molecular flexibility index (Phi) is 5.70. The third-order valence-corrected chi connectivity index (χ3v) is 6.74. The summed E-state index contributed by atoms with van der Waals surface area (Å²) in [4.78, 5) is 35.2. The van der Waals surface area contributed by atoms with E-state index in [1.165, 1.54) is 23.5 Å². The van der Waals surface area contributed by atoms with Gasteiger partial charge in [0, 0.05) is 35.4 Å². The van der Waals surface area contributed by atoms with Crippen molar-refractivity contribution in [1.29, 1.82) is 0 Å². The first-order chi connectivity index (χ1) is 16.0. The molecule has 1 aliphatic carbocycles. The number of carbonyl (C=O) groups is 2. The lowest BCUT2D eigenvalue weighted by atomic mass is 9.94. The number of fused-ring (bicyclic) bond motifs is 1. The Hall–Kier alpha value is -3.48. The highest BCUT2D eigenvalue weighted by Crippen LogP contribution is 2.44. The number of rotatable bonds is 5. The number of hydrogen-bond acceptors (Lipinski definition) is 3. The number of benzene rings is 2. The molecule has 1 unspecified atom stereocenters. The van der Waals surface area contributed by atoms with E-state index in [1.807, 2.05) is 36.1 Å². The fourth-order valence-electron chi connectivity index (χ4n) is 5.14. The lowest BCUT2D eigenvalue weighted by Crippen LogP contribution is -2.46. The quantitative estimate of drug-likeness (QED) is 0.567. The summed E-state index contributed by atoms with van der Waals surface area (Å²) in [5.41, 5.74) is 2.01. The summed E-state index contributed by atoms with van der Waals surface area (Å²) < 4.78 is 16.0. The summed E-state index contributed by atoms with van der Waals surface area (Å²) in [5, 5.41) is 0. The zero-order valence-electron chi connectivity index (χ0n) is 18.7. The summed E-state index contributed by atoms with van der Waals surface area (Å²) in [6, 6.07) is 12.9. The standard InChI is InChI=1S/C26H27FN4O2/c1-18-28-14-15-29(18)17-24(32)31(21-11-7-8-19(27)16-21)25-22-12-5-6-13-23(22)30(26(25)33)20-9-3-2-4-10-20/h5-8,11-16,20,25H,2-4,9-10,17H2,1H3. The number of nitrogens with zero attached hydrogens (tertiary/aromatic N) is 4. The van der Waals surface area contributed by atoms with E-state index in [0.29, 0.717) is 11.5 Å². The maximum Gasteiger partial charge on any atom is 0.255 e. The number of para-hydroxylation sites is 1. The maximum atomic E-state index is 14.2. The molecule has 2 aliphatic rings. The number of anilines is 2. The molecule has 0 bridgehead atoms. The molecule has 2 heterocycles. The third-order valence-electron chi connectivity index (χ3n) is 6.74. The van der Waals surface area contributed by atoms with Crippen molar-refractivity contribution in [3.05, 3.63) is 78.1 Å². The molecule has 33 heavy (non-hydrogen) atoms. The fraction of sp³-hybridized carbons (Fsp3) is 0.346. The Bertz CT molecular complexity index is 1180. The van der Waals surface area contributed by atoms with Crippen LogP contribution >= 0.6 is 0 Å². The monoisotopic (exact) mass is 446 g/mol. The molecule has 2 amide bonds. The van der Waals surface area contributed by atoms with E-state index in [2.05, 4.69) is 4.98 Å². The molecule has 0 saturated heterocycles. The molecule has 1 aliphatic heterocycles. The topological polar surface area (TPSA) is 58.4 Å². The molecule has 1 aromatic heterocycles. The molecule has 0 spiro atoms. The Labute approximate surface area is 192 Å². The first-order valence-electron chi connectivity index (χ1n) is 11.5. The van der Waals surface area contributed by atoms with Gasteiger partial charge in [0.25, 0.3) is 5.91 Å². The normalized spacial score (nSPS) is 18.4. The van der Waals surface area contributed by atoms with Crippen LogP contribution in [0.15, 0.2) is 60.9 Å². The molecule has 7 heteroatoms. The van der Waals surface area contributed by atoms with Gasteiger partial charge in [0.1, 0.15) is 24.2 Å². The van der Waals surface area contributed by atoms with Gasteiger partial charge < -0.3 is 9.47 Å². The lowest BCUT2D eigenvalue weighted by Gasteiger charge is -2.33. The molecule has 6 nitrogen and oxygen atoms in total. The predicted octanol–water partition coefficient (Wildman–Crippen LogP) is 4.78. The van der Waals surface area contributed by atoms with Crippen LogP contribution in [0.2, 0.25) is 0 Å². The van der Waals surface area contributed by atoms with E-state index < -0.39 is 11.9 Å². The fourth-order valence-corrected chi connectivity index (χ4v) is 5.14. The van der Waals surface area contributed by atoms with Crippen molar-refractivity contribution in [3.63, 3.8) is 0 Å². The second kappa shape index (κ2) is 8.81. The van der Waals surface area contributed by atoms with Crippen LogP contribution in [0.3, 0.4) is 0 Å². The number of carbonyl (C=O) groups excluding carboxylic acids is 2. The Balaban J connectivity index is 1.58. The number of amides is 2. The number of aromatic nitrogens is 2. The summed E-state index contributed by atoms with van der Waals surface area (Å²) in [6.07, 6.45) is 8.64. The highest BCUT2D eigenvalue weighted by atomic mass is 19.1. The SMILES string of the molecule is Cc1nccn1CC(=O)N(c1cccc(F)c1)C1C(=O)N(C2CCCCC2)c2ccccc21. The van der Waals surface area contributed by atoms with E-state index in [0.717, 1.165) is 36.9 Å². The highest BCUT2D eigenvalue weighted by Gasteiger charge is 2.45. The van der Waals surface area contributed by atoms with Gasteiger partial charge in [-0.1, -0.05) is 43.5 Å². The predicted molar refractivity (Wildman–Crippen MR) is 124 cm³/mol. The molecule has 3 aromatic rings. The van der Waals surface area contributed by atoms with Gasteiger partial charge in [-0.2, -0.15) is 0 Å². The molecule has 2 aromatic carbocycles. The van der Waals surface area contributed by atoms with Crippen molar-refractivity contribution >= 4 is 23.2 Å². The summed E-state index contributed by atoms with van der Waals surface area (Å²) in [6.45, 7) is 1.83. The second-order valence-corrected chi connectivity index (χ2v) is 8.81. The smallest absolute Gasteiger partial charge is 0.255 e. The zero-order valence-corrected chi connectivity index (χ0v) is 18.7. The molecule has 0 radical (unpaired) electrons. The van der Waals surface area contributed by atoms with Gasteiger partial charge in [0.15, 0.2) is 0 Å². The maximum absolute atomic E-state index is 14.2. The number of halogens is 1. The minimum atomic E-state index is -0.832. The van der Waals surface area contributed by atoms with Crippen LogP contribution in [0.4, 0.5) is 15.8 Å². The van der Waals surface area contributed by atoms with Gasteiger partial charge >= 0.3 is 0 Å². The van der Waals surface area contributed by atoms with Gasteiger partial charge in [0.05, 0.1) is 0 Å². The van der Waals surface area contributed by atoms with Crippen LogP contribution in [0.25, 0.3) is 0 Å². The van der Waals surface area contributed by atoms with Crippen molar-refractivity contribution in [2.45, 2.75) is 57.7 Å². The van der Waals surface area contributed by atoms with Crippen LogP contribution in [0.1, 0.15) is 49.5 Å². The summed E-state index contributed by atoms with van der Waals surface area (Å²) in [7, 11) is 0. The summed E-state index contributed by atoms with van der Waals surface area (Å²) >= 11 is 0. The number of aryl methyl sites for hydroxylation is 1. The Morgan fingerprint density at radius 1 is 1.12 bits per heavy atom. The van der Waals surface area contributed by atoms with E-state index >= 15 is 0 Å². The first-order valence-corrected chi connectivity index (χ1v) is 11.5. The van der Waals surface area contributed by atoms with Crippen LogP contribution in [0.5, 0.6) is 0 Å². The molecule has 170 valence electrons. The molecule has 1 atom stereocenters. The van der Waals surface area contributed by atoms with Crippen molar-refractivity contribution < 1.29 is 14.0 Å². The minimum Gasteiger partial charge on any atom is -0.326 e. The third kappa shape index (κ3) is 3.92. The van der Waals surface area contributed by atoms with Crippen molar-refractivity contribution in [2.75, 3.05) is 9.80 Å². The molecule has 5 rings (SSSR count). The summed E-state index contributed by atoms with van der Waals surface area (Å²) in [5.74, 6) is -0.167. The molecule has 1 saturated carbocycles. The Morgan fingerprint density at radius 2 is 1.91 bits per heavy atom. The molecular formula is C26H27FN4O2. The van der Waals surface area contributed by atoms with Crippen molar-refractivity contribution in [3.8, 4) is 0 Å². The first kappa shape index (κ1) is 21.4. The number of hydrogen-bond donors (Lipinski definition) is 0. The number of imidazole rings is 1. The van der Waals surface area contributed by atoms with Crippen LogP contribution in [-0.4, -0.2) is 27.4 Å². The lowest BCUT2D eigenvalue weighted by molar-refractivity contribution is -0.125. The van der Waals surface area contributed by atoms with E-state index in [-0.39, 0.29) is 24.4 Å². The molecular weight excluding hydrogens is 419 g/mol. The molecule has 0 N–H and O–H groups in total. The van der Waals surface area contributed by atoms with Gasteiger partial charge in [-0.15, -0.1) is 0 Å². The van der Waals surface area contributed by atoms with Gasteiger partial charge in [-0.05, 0) is 44.0 Å². The van der Waals surface area contributed by atoms with Crippen molar-refractivity contribution in [1.82, 2.24) is 9.55 Å². The average Bonchev–Trinajstić information content (AvgIpc) is 3.35. The van der Waals surface area contributed by atoms with E-state index in [4.69, 9.17) is 0 Å². The van der Waals surface area contributed by atoms with Gasteiger partial charge in [-0.3, -0.25) is 14.5 Å². The van der Waals surface area contributed by atoms with Crippen LogP contribution < -0.4 is 9.80 Å². The van der Waals surface area contributed by atoms with Crippen LogP contribution in [-0.2, 0) is 16.1 Å². The zero-order chi connectivity index (χ0) is 22.9. The van der Waals surface area contributed by atoms with E-state index in [9.17, 15) is 14.0 Å².